The van der Waals surface area contributed by atoms with Gasteiger partial charge in [-0.25, -0.2) is 8.78 Å². The summed E-state index contributed by atoms with van der Waals surface area (Å²) in [5.41, 5.74) is 1.34. The van der Waals surface area contributed by atoms with Crippen molar-refractivity contribution in [2.45, 2.75) is 32.4 Å². The maximum absolute atomic E-state index is 13.7. The van der Waals surface area contributed by atoms with Crippen LogP contribution in [-0.2, 0) is 13.0 Å². The molecule has 1 heterocycles. The Morgan fingerprint density at radius 1 is 1.35 bits per heavy atom. The third-order valence-corrected chi connectivity index (χ3v) is 3.31. The van der Waals surface area contributed by atoms with Gasteiger partial charge in [0.2, 0.25) is 0 Å². The molecule has 3 nitrogen and oxygen atoms in total. The number of hydrogen-bond donors (Lipinski definition) is 1. The van der Waals surface area contributed by atoms with E-state index in [0.29, 0.717) is 12.0 Å². The molecule has 2 rings (SSSR count). The number of halogens is 2. The lowest BCUT2D eigenvalue weighted by atomic mass is 10.0. The number of likely N-dealkylation sites (N-methyl/N-ethyl adjacent to an activating group) is 1. The molecule has 0 saturated heterocycles. The Bertz CT molecular complexity index is 566. The molecule has 108 valence electrons. The Kier molecular flexibility index (Phi) is 4.84. The molecular weight excluding hydrogens is 260 g/mol. The van der Waals surface area contributed by atoms with E-state index in [1.54, 1.807) is 19.3 Å². The molecular formula is C15H19F2N3. The van der Waals surface area contributed by atoms with Crippen molar-refractivity contribution in [2.75, 3.05) is 7.05 Å². The fourth-order valence-corrected chi connectivity index (χ4v) is 2.22. The van der Waals surface area contributed by atoms with Crippen LogP contribution in [0.15, 0.2) is 30.6 Å². The lowest BCUT2D eigenvalue weighted by molar-refractivity contribution is 0.486. The van der Waals surface area contributed by atoms with Gasteiger partial charge in [-0.3, -0.25) is 4.68 Å². The van der Waals surface area contributed by atoms with E-state index in [1.807, 2.05) is 10.9 Å². The summed E-state index contributed by atoms with van der Waals surface area (Å²) < 4.78 is 28.8. The van der Waals surface area contributed by atoms with E-state index in [1.165, 1.54) is 6.07 Å². The van der Waals surface area contributed by atoms with Gasteiger partial charge in [0.25, 0.3) is 0 Å². The summed E-state index contributed by atoms with van der Waals surface area (Å²) in [6.45, 7) is 2.93. The van der Waals surface area contributed by atoms with Gasteiger partial charge in [0.1, 0.15) is 0 Å². The first-order valence-electron chi connectivity index (χ1n) is 6.78. The van der Waals surface area contributed by atoms with Crippen molar-refractivity contribution in [3.05, 3.63) is 53.4 Å². The molecule has 1 unspecified atom stereocenters. The van der Waals surface area contributed by atoms with Crippen LogP contribution >= 0.6 is 0 Å². The Morgan fingerprint density at radius 3 is 2.85 bits per heavy atom. The highest BCUT2D eigenvalue weighted by Crippen LogP contribution is 2.21. The highest BCUT2D eigenvalue weighted by atomic mass is 19.2. The molecule has 2 aromatic rings. The van der Waals surface area contributed by atoms with Crippen LogP contribution in [0.2, 0.25) is 0 Å². The first kappa shape index (κ1) is 14.7. The smallest absolute Gasteiger partial charge is 0.162 e. The molecule has 1 aromatic heterocycles. The fourth-order valence-electron chi connectivity index (χ4n) is 2.22. The van der Waals surface area contributed by atoms with Crippen LogP contribution in [-0.4, -0.2) is 16.8 Å². The zero-order chi connectivity index (χ0) is 14.5. The van der Waals surface area contributed by atoms with Crippen LogP contribution in [0.3, 0.4) is 0 Å². The lowest BCUT2D eigenvalue weighted by Gasteiger charge is -2.15. The quantitative estimate of drug-likeness (QED) is 0.880. The molecule has 5 heteroatoms. The summed E-state index contributed by atoms with van der Waals surface area (Å²) in [5.74, 6) is -1.58. The van der Waals surface area contributed by atoms with Gasteiger partial charge in [-0.05, 0) is 31.5 Å². The second-order valence-electron chi connectivity index (χ2n) is 4.80. The number of rotatable bonds is 6. The minimum atomic E-state index is -0.806. The Hall–Kier alpha value is -1.75. The van der Waals surface area contributed by atoms with Crippen molar-refractivity contribution < 1.29 is 8.78 Å². The molecule has 0 radical (unpaired) electrons. The van der Waals surface area contributed by atoms with Crippen molar-refractivity contribution in [1.82, 2.24) is 15.1 Å². The first-order chi connectivity index (χ1) is 9.65. The number of hydrogen-bond acceptors (Lipinski definition) is 2. The van der Waals surface area contributed by atoms with E-state index < -0.39 is 11.6 Å². The van der Waals surface area contributed by atoms with Crippen LogP contribution in [0.4, 0.5) is 8.78 Å². The van der Waals surface area contributed by atoms with E-state index in [4.69, 9.17) is 0 Å². The SMILES string of the molecule is CCCn1cc(C(Cc2cccc(F)c2F)NC)cn1. The maximum Gasteiger partial charge on any atom is 0.162 e. The van der Waals surface area contributed by atoms with E-state index in [0.717, 1.165) is 24.6 Å². The van der Waals surface area contributed by atoms with Crippen molar-refractivity contribution in [2.24, 2.45) is 0 Å². The molecule has 1 aromatic carbocycles. The Morgan fingerprint density at radius 2 is 2.15 bits per heavy atom. The predicted molar refractivity (Wildman–Crippen MR) is 74.4 cm³/mol. The van der Waals surface area contributed by atoms with E-state index in [-0.39, 0.29) is 6.04 Å². The predicted octanol–water partition coefficient (Wildman–Crippen LogP) is 3.07. The summed E-state index contributed by atoms with van der Waals surface area (Å²) in [7, 11) is 1.80. The first-order valence-corrected chi connectivity index (χ1v) is 6.78. The van der Waals surface area contributed by atoms with E-state index >= 15 is 0 Å². The molecule has 0 bridgehead atoms. The molecule has 0 aliphatic rings. The van der Waals surface area contributed by atoms with Gasteiger partial charge in [0, 0.05) is 24.3 Å². The average Bonchev–Trinajstić information content (AvgIpc) is 2.89. The van der Waals surface area contributed by atoms with Gasteiger partial charge >= 0.3 is 0 Å². The topological polar surface area (TPSA) is 29.9 Å². The normalized spacial score (nSPS) is 12.6. The second kappa shape index (κ2) is 6.61. The largest absolute Gasteiger partial charge is 0.313 e. The van der Waals surface area contributed by atoms with Crippen LogP contribution in [0.1, 0.15) is 30.5 Å². The minimum absolute atomic E-state index is 0.0862. The molecule has 0 amide bonds. The number of aryl methyl sites for hydroxylation is 1. The van der Waals surface area contributed by atoms with Crippen molar-refractivity contribution in [1.29, 1.82) is 0 Å². The second-order valence-corrected chi connectivity index (χ2v) is 4.80. The Labute approximate surface area is 117 Å². The van der Waals surface area contributed by atoms with Gasteiger partial charge in [-0.2, -0.15) is 5.10 Å². The molecule has 0 aliphatic carbocycles. The summed E-state index contributed by atoms with van der Waals surface area (Å²) >= 11 is 0. The standard InChI is InChI=1S/C15H19F2N3/c1-3-7-20-10-12(9-19-20)14(18-2)8-11-5-4-6-13(16)15(11)17/h4-6,9-10,14,18H,3,7-8H2,1-2H3. The third-order valence-electron chi connectivity index (χ3n) is 3.31. The van der Waals surface area contributed by atoms with E-state index in [9.17, 15) is 8.78 Å². The molecule has 0 fully saturated rings. The molecule has 1 atom stereocenters. The van der Waals surface area contributed by atoms with Crippen molar-refractivity contribution in [3.8, 4) is 0 Å². The zero-order valence-electron chi connectivity index (χ0n) is 11.7. The molecule has 1 N–H and O–H groups in total. The highest BCUT2D eigenvalue weighted by Gasteiger charge is 2.16. The van der Waals surface area contributed by atoms with Crippen LogP contribution in [0.25, 0.3) is 0 Å². The Balaban J connectivity index is 2.17. The van der Waals surface area contributed by atoms with Gasteiger partial charge in [0.15, 0.2) is 11.6 Å². The number of nitrogens with one attached hydrogen (secondary N) is 1. The fraction of sp³-hybridized carbons (Fsp3) is 0.400. The van der Waals surface area contributed by atoms with Crippen LogP contribution in [0, 0.1) is 11.6 Å². The average molecular weight is 279 g/mol. The summed E-state index contributed by atoms with van der Waals surface area (Å²) in [4.78, 5) is 0. The lowest BCUT2D eigenvalue weighted by Crippen LogP contribution is -2.19. The van der Waals surface area contributed by atoms with Crippen molar-refractivity contribution in [3.63, 3.8) is 0 Å². The minimum Gasteiger partial charge on any atom is -0.313 e. The van der Waals surface area contributed by atoms with Crippen LogP contribution < -0.4 is 5.32 Å². The van der Waals surface area contributed by atoms with Crippen molar-refractivity contribution >= 4 is 0 Å². The maximum atomic E-state index is 13.7. The highest BCUT2D eigenvalue weighted by molar-refractivity contribution is 5.23. The molecule has 0 saturated carbocycles. The van der Waals surface area contributed by atoms with Crippen LogP contribution in [0.5, 0.6) is 0 Å². The monoisotopic (exact) mass is 279 g/mol. The number of nitrogens with zero attached hydrogens (tertiary/aromatic N) is 2. The third kappa shape index (κ3) is 3.22. The number of aromatic nitrogens is 2. The van der Waals surface area contributed by atoms with Gasteiger partial charge in [-0.1, -0.05) is 19.1 Å². The summed E-state index contributed by atoms with van der Waals surface area (Å²) in [6, 6.07) is 4.18. The van der Waals surface area contributed by atoms with Gasteiger partial charge in [0.05, 0.1) is 6.20 Å². The molecule has 0 aliphatic heterocycles. The molecule has 0 spiro atoms. The van der Waals surface area contributed by atoms with Gasteiger partial charge in [-0.15, -0.1) is 0 Å². The van der Waals surface area contributed by atoms with E-state index in [2.05, 4.69) is 17.3 Å². The molecule has 20 heavy (non-hydrogen) atoms. The zero-order valence-corrected chi connectivity index (χ0v) is 11.7. The summed E-state index contributed by atoms with van der Waals surface area (Å²) in [5, 5.41) is 7.39. The summed E-state index contributed by atoms with van der Waals surface area (Å²) in [6.07, 6.45) is 5.11. The van der Waals surface area contributed by atoms with Gasteiger partial charge < -0.3 is 5.32 Å². The number of benzene rings is 1.